The smallest absolute Gasteiger partial charge is 0.268 e. The van der Waals surface area contributed by atoms with E-state index in [1.54, 1.807) is 6.08 Å². The van der Waals surface area contributed by atoms with Gasteiger partial charge in [0, 0.05) is 6.42 Å². The number of rotatable bonds is 44. The molecule has 0 aromatic heterocycles. The summed E-state index contributed by atoms with van der Waals surface area (Å²) in [6.07, 6.45) is 65.7. The van der Waals surface area contributed by atoms with E-state index in [1.165, 1.54) is 57.8 Å². The molecule has 0 rings (SSSR count). The highest BCUT2D eigenvalue weighted by atomic mass is 31.2. The van der Waals surface area contributed by atoms with Crippen molar-refractivity contribution in [1.82, 2.24) is 5.32 Å². The first-order chi connectivity index (χ1) is 31.0. The molecular weight excluding hydrogens is 816 g/mol. The molecule has 0 heterocycles. The van der Waals surface area contributed by atoms with Crippen LogP contribution in [-0.2, 0) is 18.4 Å². The monoisotopic (exact) mass is 911 g/mol. The van der Waals surface area contributed by atoms with Crippen LogP contribution in [-0.4, -0.2) is 68.5 Å². The molecule has 0 saturated carbocycles. The summed E-state index contributed by atoms with van der Waals surface area (Å²) in [4.78, 5) is 25.4. The fourth-order valence-electron chi connectivity index (χ4n) is 6.52. The lowest BCUT2D eigenvalue weighted by Crippen LogP contribution is -2.45. The van der Waals surface area contributed by atoms with E-state index < -0.39 is 26.6 Å². The van der Waals surface area contributed by atoms with E-state index in [9.17, 15) is 19.4 Å². The van der Waals surface area contributed by atoms with Crippen molar-refractivity contribution in [2.45, 2.75) is 193 Å². The largest absolute Gasteiger partial charge is 0.756 e. The van der Waals surface area contributed by atoms with Crippen LogP contribution >= 0.6 is 7.82 Å². The highest BCUT2D eigenvalue weighted by molar-refractivity contribution is 7.45. The third kappa shape index (κ3) is 47.1. The molecule has 8 nitrogen and oxygen atoms in total. The molecule has 0 saturated heterocycles. The lowest BCUT2D eigenvalue weighted by molar-refractivity contribution is -0.870. The first-order valence-electron chi connectivity index (χ1n) is 25.2. The van der Waals surface area contributed by atoms with Gasteiger partial charge in [0.05, 0.1) is 39.9 Å². The van der Waals surface area contributed by atoms with Crippen molar-refractivity contribution in [1.29, 1.82) is 0 Å². The number of unbranched alkanes of at least 4 members (excludes halogenated alkanes) is 15. The van der Waals surface area contributed by atoms with Crippen LogP contribution in [0.4, 0.5) is 0 Å². The van der Waals surface area contributed by atoms with Crippen molar-refractivity contribution in [2.75, 3.05) is 40.9 Å². The number of nitrogens with one attached hydrogen (secondary N) is 1. The zero-order valence-corrected chi connectivity index (χ0v) is 42.3. The zero-order valence-electron chi connectivity index (χ0n) is 41.4. The zero-order chi connectivity index (χ0) is 47.1. The van der Waals surface area contributed by atoms with Crippen LogP contribution < -0.4 is 10.2 Å². The fraction of sp³-hybridized carbons (Fsp3) is 0.655. The number of nitrogens with zero attached hydrogens (tertiary/aromatic N) is 1. The van der Waals surface area contributed by atoms with Gasteiger partial charge in [-0.3, -0.25) is 9.36 Å². The standard InChI is InChI=1S/C55H95N2O6P/c1-6-8-10-12-14-16-18-20-21-22-23-24-25-26-27-28-29-30-31-32-33-34-35-37-39-41-43-45-47-49-55(59)56-53(52-63-64(60,61)62-51-50-57(3,4)5)54(58)48-46-44-42-40-38-36-19-17-15-13-11-9-7-2/h8,10,14,16,20-21,23-24,26-27,29-30,32-33,35,37,46,48,53-54,58H,6-7,9,11-13,15,17-19,22,25,28,31,34,36,38-45,47,49-52H2,1-5H3,(H-,56,59,60,61)/b10-8-,16-14-,21-20-,24-23-,27-26-,30-29-,33-32-,37-35-,48-46+. The summed E-state index contributed by atoms with van der Waals surface area (Å²) in [5.41, 5.74) is 0. The van der Waals surface area contributed by atoms with Gasteiger partial charge in [0.2, 0.25) is 5.91 Å². The van der Waals surface area contributed by atoms with E-state index in [0.717, 1.165) is 103 Å². The number of carbonyl (C=O) groups is 1. The van der Waals surface area contributed by atoms with Crippen LogP contribution in [0, 0.1) is 0 Å². The summed E-state index contributed by atoms with van der Waals surface area (Å²) in [5.74, 6) is -0.228. The molecule has 0 spiro atoms. The highest BCUT2D eigenvalue weighted by Gasteiger charge is 2.23. The van der Waals surface area contributed by atoms with Gasteiger partial charge in [0.15, 0.2) is 0 Å². The Labute approximate surface area is 393 Å². The van der Waals surface area contributed by atoms with E-state index in [4.69, 9.17) is 9.05 Å². The van der Waals surface area contributed by atoms with Crippen molar-refractivity contribution in [2.24, 2.45) is 0 Å². The third-order valence-corrected chi connectivity index (χ3v) is 11.5. The molecule has 2 N–H and O–H groups in total. The van der Waals surface area contributed by atoms with Crippen molar-refractivity contribution < 1.29 is 32.9 Å². The second-order valence-electron chi connectivity index (χ2n) is 17.8. The molecule has 0 aliphatic carbocycles. The number of aliphatic hydroxyl groups is 1. The topological polar surface area (TPSA) is 108 Å². The van der Waals surface area contributed by atoms with Gasteiger partial charge in [-0.1, -0.05) is 200 Å². The van der Waals surface area contributed by atoms with Crippen molar-refractivity contribution in [3.63, 3.8) is 0 Å². The molecule has 9 heteroatoms. The predicted molar refractivity (Wildman–Crippen MR) is 274 cm³/mol. The molecule has 0 bridgehead atoms. The number of phosphoric ester groups is 1. The van der Waals surface area contributed by atoms with Gasteiger partial charge < -0.3 is 28.8 Å². The number of likely N-dealkylation sites (N-methyl/N-ethyl adjacent to an activating group) is 1. The maximum atomic E-state index is 12.9. The minimum Gasteiger partial charge on any atom is -0.756 e. The van der Waals surface area contributed by atoms with Crippen LogP contribution in [0.3, 0.4) is 0 Å². The molecule has 64 heavy (non-hydrogen) atoms. The van der Waals surface area contributed by atoms with E-state index in [0.29, 0.717) is 17.4 Å². The van der Waals surface area contributed by atoms with Gasteiger partial charge in [0.1, 0.15) is 13.2 Å². The molecule has 0 radical (unpaired) electrons. The second kappa shape index (κ2) is 45.3. The summed E-state index contributed by atoms with van der Waals surface area (Å²) in [7, 11) is 1.22. The predicted octanol–water partition coefficient (Wildman–Crippen LogP) is 14.2. The lowest BCUT2D eigenvalue weighted by Gasteiger charge is -2.29. The van der Waals surface area contributed by atoms with Crippen molar-refractivity contribution in [3.05, 3.63) is 109 Å². The summed E-state index contributed by atoms with van der Waals surface area (Å²) >= 11 is 0. The molecule has 366 valence electrons. The molecule has 3 atom stereocenters. The molecule has 3 unspecified atom stereocenters. The molecule has 1 amide bonds. The minimum atomic E-state index is -4.60. The molecule has 0 aliphatic rings. The van der Waals surface area contributed by atoms with E-state index >= 15 is 0 Å². The summed E-state index contributed by atoms with van der Waals surface area (Å²) in [5, 5.41) is 13.8. The number of aliphatic hydroxyl groups excluding tert-OH is 1. The average Bonchev–Trinajstić information content (AvgIpc) is 3.25. The van der Waals surface area contributed by atoms with Crippen molar-refractivity contribution in [3.8, 4) is 0 Å². The molecular formula is C55H95N2O6P. The molecule has 0 aromatic rings. The molecule has 0 aliphatic heterocycles. The Hall–Kier alpha value is -2.84. The van der Waals surface area contributed by atoms with E-state index in [1.807, 2.05) is 27.2 Å². The number of hydrogen-bond donors (Lipinski definition) is 2. The van der Waals surface area contributed by atoms with Gasteiger partial charge in [-0.25, -0.2) is 0 Å². The average molecular weight is 911 g/mol. The van der Waals surface area contributed by atoms with E-state index in [-0.39, 0.29) is 12.5 Å². The van der Waals surface area contributed by atoms with Crippen molar-refractivity contribution >= 4 is 13.7 Å². The molecule has 0 fully saturated rings. The first-order valence-corrected chi connectivity index (χ1v) is 26.7. The minimum absolute atomic E-state index is 0.0126. The number of quaternary nitrogens is 1. The first kappa shape index (κ1) is 61.2. The quantitative estimate of drug-likeness (QED) is 0.0273. The van der Waals surface area contributed by atoms with Gasteiger partial charge in [0.25, 0.3) is 7.82 Å². The highest BCUT2D eigenvalue weighted by Crippen LogP contribution is 2.38. The summed E-state index contributed by atoms with van der Waals surface area (Å²) < 4.78 is 23.2. The number of allylic oxidation sites excluding steroid dienone is 17. The Morgan fingerprint density at radius 3 is 1.39 bits per heavy atom. The Bertz CT molecular complexity index is 1400. The van der Waals surface area contributed by atoms with Gasteiger partial charge in [-0.2, -0.15) is 0 Å². The number of phosphoric acid groups is 1. The third-order valence-electron chi connectivity index (χ3n) is 10.5. The van der Waals surface area contributed by atoms with E-state index in [2.05, 4.69) is 116 Å². The maximum absolute atomic E-state index is 12.9. The number of carbonyl (C=O) groups excluding carboxylic acids is 1. The second-order valence-corrected chi connectivity index (χ2v) is 19.2. The Morgan fingerprint density at radius 2 is 0.953 bits per heavy atom. The fourth-order valence-corrected chi connectivity index (χ4v) is 7.24. The summed E-state index contributed by atoms with van der Waals surface area (Å²) in [6.45, 7) is 4.48. The van der Waals surface area contributed by atoms with Crippen LogP contribution in [0.5, 0.6) is 0 Å². The normalized spacial score (nSPS) is 15.0. The Kier molecular flexibility index (Phi) is 43.3. The van der Waals surface area contributed by atoms with Gasteiger partial charge in [-0.05, 0) is 83.5 Å². The van der Waals surface area contributed by atoms with Gasteiger partial charge in [-0.15, -0.1) is 0 Å². The van der Waals surface area contributed by atoms with Crippen LogP contribution in [0.1, 0.15) is 181 Å². The Morgan fingerprint density at radius 1 is 0.562 bits per heavy atom. The maximum Gasteiger partial charge on any atom is 0.268 e. The SMILES string of the molecule is CC/C=C\C/C=C\C/C=C\C/C=C\C/C=C\C/C=C\C/C=C\C/C=C\CCCCCCC(=O)NC(COP(=O)([O-])OCC[N+](C)(C)C)C(O)/C=C/CCCCCCCCCCCCC. The Balaban J connectivity index is 4.35. The van der Waals surface area contributed by atoms with Gasteiger partial charge >= 0.3 is 0 Å². The van der Waals surface area contributed by atoms with Crippen LogP contribution in [0.2, 0.25) is 0 Å². The number of hydrogen-bond acceptors (Lipinski definition) is 6. The summed E-state index contributed by atoms with van der Waals surface area (Å²) in [6, 6.07) is -0.907. The number of amides is 1. The molecule has 0 aromatic carbocycles. The van der Waals surface area contributed by atoms with Crippen LogP contribution in [0.25, 0.3) is 0 Å². The van der Waals surface area contributed by atoms with Crippen LogP contribution in [0.15, 0.2) is 109 Å². The lowest BCUT2D eigenvalue weighted by atomic mass is 10.0.